The zero-order valence-corrected chi connectivity index (χ0v) is 20.7. The van der Waals surface area contributed by atoms with E-state index in [-0.39, 0.29) is 16.4 Å². The van der Waals surface area contributed by atoms with Gasteiger partial charge in [-0.1, -0.05) is 55.4 Å². The quantitative estimate of drug-likeness (QED) is 0.532. The van der Waals surface area contributed by atoms with Crippen LogP contribution in [0.5, 0.6) is 0 Å². The Balaban J connectivity index is 1.56. The summed E-state index contributed by atoms with van der Waals surface area (Å²) in [5.41, 5.74) is 2.65. The van der Waals surface area contributed by atoms with Gasteiger partial charge in [-0.3, -0.25) is 0 Å². The summed E-state index contributed by atoms with van der Waals surface area (Å²) in [5, 5.41) is 31.2. The monoisotopic (exact) mass is 442 g/mol. The highest BCUT2D eigenvalue weighted by Crippen LogP contribution is 2.64. The number of aliphatic hydroxyl groups is 3. The van der Waals surface area contributed by atoms with Gasteiger partial charge < -0.3 is 20.1 Å². The van der Waals surface area contributed by atoms with E-state index in [9.17, 15) is 15.3 Å². The normalized spacial score (nSPS) is 39.7. The molecule has 32 heavy (non-hydrogen) atoms. The molecule has 2 saturated carbocycles. The maximum Gasteiger partial charge on any atom is 0.0845 e. The smallest absolute Gasteiger partial charge is 0.0845 e. The Bertz CT molecular complexity index is 870. The molecule has 0 aliphatic heterocycles. The van der Waals surface area contributed by atoms with Gasteiger partial charge in [-0.25, -0.2) is 0 Å². The fraction of sp³-hybridized carbons (Fsp3) is 0.714. The van der Waals surface area contributed by atoms with Crippen molar-refractivity contribution in [3.8, 4) is 0 Å². The van der Waals surface area contributed by atoms with E-state index in [2.05, 4.69) is 45.9 Å². The molecule has 0 aromatic carbocycles. The zero-order chi connectivity index (χ0) is 23.5. The van der Waals surface area contributed by atoms with Gasteiger partial charge in [0.1, 0.15) is 0 Å². The van der Waals surface area contributed by atoms with Gasteiger partial charge >= 0.3 is 0 Å². The second kappa shape index (κ2) is 7.94. The average molecular weight is 443 g/mol. The number of hydrogen-bond donors (Lipinski definition) is 3. The largest absolute Gasteiger partial charge is 0.393 e. The van der Waals surface area contributed by atoms with Gasteiger partial charge in [-0.15, -0.1) is 0 Å². The third-order valence-corrected chi connectivity index (χ3v) is 8.95. The Labute approximate surface area is 193 Å². The van der Waals surface area contributed by atoms with Crippen molar-refractivity contribution < 1.29 is 20.1 Å². The molecule has 0 radical (unpaired) electrons. The van der Waals surface area contributed by atoms with Crippen molar-refractivity contribution in [2.24, 2.45) is 22.7 Å². The third-order valence-electron chi connectivity index (χ3n) is 8.95. The fourth-order valence-electron chi connectivity index (χ4n) is 7.24. The summed E-state index contributed by atoms with van der Waals surface area (Å²) in [7, 11) is 0. The van der Waals surface area contributed by atoms with Crippen molar-refractivity contribution in [2.75, 3.05) is 6.61 Å². The van der Waals surface area contributed by atoms with Crippen molar-refractivity contribution in [1.82, 2.24) is 0 Å². The Morgan fingerprint density at radius 1 is 1.12 bits per heavy atom. The molecule has 0 spiro atoms. The summed E-state index contributed by atoms with van der Waals surface area (Å²) in [6.07, 6.45) is 14.0. The molecule has 4 rings (SSSR count). The minimum Gasteiger partial charge on any atom is -0.393 e. The fourth-order valence-corrected chi connectivity index (χ4v) is 7.24. The lowest BCUT2D eigenvalue weighted by Gasteiger charge is -2.56. The molecule has 178 valence electrons. The molecule has 4 heteroatoms. The second-order valence-corrected chi connectivity index (χ2v) is 12.0. The van der Waals surface area contributed by atoms with E-state index >= 15 is 0 Å². The minimum atomic E-state index is -0.828. The van der Waals surface area contributed by atoms with Crippen molar-refractivity contribution in [1.29, 1.82) is 0 Å². The molecule has 0 bridgehead atoms. The van der Waals surface area contributed by atoms with Gasteiger partial charge in [0.15, 0.2) is 0 Å². The lowest BCUT2D eigenvalue weighted by molar-refractivity contribution is -0.0523. The summed E-state index contributed by atoms with van der Waals surface area (Å²) in [6.45, 7) is 12.9. The predicted octanol–water partition coefficient (Wildman–Crippen LogP) is 4.86. The molecule has 4 aliphatic rings. The summed E-state index contributed by atoms with van der Waals surface area (Å²) in [6, 6.07) is 0. The summed E-state index contributed by atoms with van der Waals surface area (Å²) in [4.78, 5) is 0. The lowest BCUT2D eigenvalue weighted by Crippen LogP contribution is -2.52. The van der Waals surface area contributed by atoms with Gasteiger partial charge in [0.05, 0.1) is 30.0 Å². The van der Waals surface area contributed by atoms with E-state index in [1.165, 1.54) is 16.7 Å². The molecular weight excluding hydrogens is 400 g/mol. The van der Waals surface area contributed by atoms with Crippen LogP contribution in [0.3, 0.4) is 0 Å². The molecule has 2 fully saturated rings. The zero-order valence-electron chi connectivity index (χ0n) is 20.7. The highest BCUT2D eigenvalue weighted by Gasteiger charge is 2.58. The van der Waals surface area contributed by atoms with E-state index in [0.29, 0.717) is 31.3 Å². The van der Waals surface area contributed by atoms with Gasteiger partial charge in [-0.2, -0.15) is 0 Å². The number of fused-ring (bicyclic) bond motifs is 5. The molecule has 0 aromatic heterocycles. The second-order valence-electron chi connectivity index (χ2n) is 12.0. The average Bonchev–Trinajstić information content (AvgIpc) is 3.04. The van der Waals surface area contributed by atoms with Crippen LogP contribution < -0.4 is 0 Å². The topological polar surface area (TPSA) is 69.9 Å². The summed E-state index contributed by atoms with van der Waals surface area (Å²) in [5.74, 6) is 0.772. The van der Waals surface area contributed by atoms with Crippen LogP contribution in [-0.2, 0) is 4.74 Å². The van der Waals surface area contributed by atoms with Crippen LogP contribution in [0.25, 0.3) is 0 Å². The first-order chi connectivity index (χ1) is 14.8. The van der Waals surface area contributed by atoms with E-state index in [0.717, 1.165) is 19.3 Å². The predicted molar refractivity (Wildman–Crippen MR) is 128 cm³/mol. The van der Waals surface area contributed by atoms with E-state index in [1.807, 2.05) is 6.08 Å². The first kappa shape index (κ1) is 23.9. The maximum absolute atomic E-state index is 11.1. The molecule has 0 heterocycles. The molecule has 3 N–H and O–H groups in total. The Morgan fingerprint density at radius 2 is 1.84 bits per heavy atom. The van der Waals surface area contributed by atoms with Gasteiger partial charge in [0.2, 0.25) is 0 Å². The Morgan fingerprint density at radius 3 is 2.53 bits per heavy atom. The van der Waals surface area contributed by atoms with Crippen molar-refractivity contribution in [3.63, 3.8) is 0 Å². The SMILES string of the molecule is CC(C)(O)C=CCOC(C)(C)C1=CC[C@H]2C3=CC=C4C[C@@H](O)C[C@H](O)[C@]4(C)[C@H]3CC[C@]12C. The first-order valence-corrected chi connectivity index (χ1v) is 12.3. The lowest BCUT2D eigenvalue weighted by atomic mass is 9.49. The van der Waals surface area contributed by atoms with E-state index in [1.54, 1.807) is 19.9 Å². The first-order valence-electron chi connectivity index (χ1n) is 12.3. The van der Waals surface area contributed by atoms with Crippen LogP contribution in [0.2, 0.25) is 0 Å². The Kier molecular flexibility index (Phi) is 5.94. The van der Waals surface area contributed by atoms with Crippen molar-refractivity contribution in [2.45, 2.75) is 97.1 Å². The van der Waals surface area contributed by atoms with Crippen LogP contribution in [0.15, 0.2) is 47.1 Å². The molecule has 4 aliphatic carbocycles. The molecule has 0 saturated heterocycles. The minimum absolute atomic E-state index is 0.0482. The van der Waals surface area contributed by atoms with Crippen LogP contribution >= 0.6 is 0 Å². The van der Waals surface area contributed by atoms with Crippen LogP contribution in [-0.4, -0.2) is 45.3 Å². The van der Waals surface area contributed by atoms with Gasteiger partial charge in [-0.05, 0) is 76.2 Å². The van der Waals surface area contributed by atoms with Crippen molar-refractivity contribution >= 4 is 0 Å². The van der Waals surface area contributed by atoms with Crippen LogP contribution in [0.1, 0.15) is 73.6 Å². The van der Waals surface area contributed by atoms with Crippen LogP contribution in [0, 0.1) is 22.7 Å². The number of allylic oxidation sites excluding steroid dienone is 4. The highest BCUT2D eigenvalue weighted by molar-refractivity contribution is 5.44. The number of hydrogen-bond acceptors (Lipinski definition) is 4. The molecule has 6 atom stereocenters. The number of ether oxygens (including phenoxy) is 1. The maximum atomic E-state index is 11.1. The molecule has 0 aromatic rings. The van der Waals surface area contributed by atoms with E-state index in [4.69, 9.17) is 4.74 Å². The third kappa shape index (κ3) is 3.87. The molecular formula is C28H42O4. The van der Waals surface area contributed by atoms with Gasteiger partial charge in [0, 0.05) is 11.8 Å². The van der Waals surface area contributed by atoms with Crippen molar-refractivity contribution in [3.05, 3.63) is 47.1 Å². The summed E-state index contributed by atoms with van der Waals surface area (Å²) < 4.78 is 6.33. The van der Waals surface area contributed by atoms with Crippen LogP contribution in [0.4, 0.5) is 0 Å². The molecule has 4 nitrogen and oxygen atoms in total. The molecule has 0 amide bonds. The standard InChI is InChI=1S/C28H42O4/c1-25(2,31)13-7-15-32-26(3,4)23-11-10-21-20-9-8-18-16-19(29)17-24(30)28(18,6)22(20)12-14-27(21,23)5/h7-9,11,13,19,21-22,24,29-31H,10,12,14-17H2,1-6H3/t19-,21+,22+,24+,27+,28+/m1/s1. The Hall–Kier alpha value is -1.20. The number of rotatable bonds is 5. The van der Waals surface area contributed by atoms with Gasteiger partial charge in [0.25, 0.3) is 0 Å². The highest BCUT2D eigenvalue weighted by atomic mass is 16.5. The number of aliphatic hydroxyl groups excluding tert-OH is 2. The molecule has 0 unspecified atom stereocenters. The summed E-state index contributed by atoms with van der Waals surface area (Å²) >= 11 is 0. The van der Waals surface area contributed by atoms with E-state index < -0.39 is 17.8 Å².